The Morgan fingerprint density at radius 2 is 0.929 bits per heavy atom. The Hall–Kier alpha value is -3.45. The molecule has 0 aromatic heterocycles. The highest BCUT2D eigenvalue weighted by atomic mass is 16.1. The maximum absolute atomic E-state index is 14.1. The second kappa shape index (κ2) is 17.5. The first kappa shape index (κ1) is 31.5. The van der Waals surface area contributed by atoms with Gasteiger partial charge in [0.25, 0.3) is 0 Å². The van der Waals surface area contributed by atoms with Gasteiger partial charge in [-0.1, -0.05) is 175 Å². The molecule has 0 aliphatic rings. The van der Waals surface area contributed by atoms with Crippen LogP contribution in [0.4, 0.5) is 0 Å². The molecule has 0 fully saturated rings. The van der Waals surface area contributed by atoms with Gasteiger partial charge in [0.15, 0.2) is 5.78 Å². The molecule has 0 amide bonds. The van der Waals surface area contributed by atoms with Crippen molar-refractivity contribution in [3.05, 3.63) is 119 Å². The maximum atomic E-state index is 14.1. The SMILES string of the molecule is CCCCCCCCc1ccccc1-c1cccc(C(=O)c2ccccc2)c1-c1ccccc1CCCCCCCC. The summed E-state index contributed by atoms with van der Waals surface area (Å²) >= 11 is 0. The fraction of sp³-hybridized carbons (Fsp3) is 0.390. The third-order valence-corrected chi connectivity index (χ3v) is 8.54. The molecule has 0 heterocycles. The van der Waals surface area contributed by atoms with Gasteiger partial charge < -0.3 is 0 Å². The number of aryl methyl sites for hydroxylation is 2. The highest BCUT2D eigenvalue weighted by molar-refractivity contribution is 6.15. The Bertz CT molecular complexity index is 1370. The lowest BCUT2D eigenvalue weighted by Crippen LogP contribution is -2.06. The molecule has 0 bridgehead atoms. The van der Waals surface area contributed by atoms with Crippen LogP contribution in [0.2, 0.25) is 0 Å². The summed E-state index contributed by atoms with van der Waals surface area (Å²) in [5, 5.41) is 0. The fourth-order valence-electron chi connectivity index (χ4n) is 6.18. The van der Waals surface area contributed by atoms with Gasteiger partial charge in [-0.25, -0.2) is 0 Å². The standard InChI is InChI=1S/C41H50O/c1-3-5-7-9-11-14-23-33-25-18-20-29-36(33)38-31-22-32-39(41(42)35-27-16-13-17-28-35)40(38)37-30-21-19-26-34(37)24-15-12-10-8-6-4-2/h13,16-22,25-32H,3-12,14-15,23-24H2,1-2H3. The van der Waals surface area contributed by atoms with E-state index >= 15 is 0 Å². The minimum Gasteiger partial charge on any atom is -0.289 e. The summed E-state index contributed by atoms with van der Waals surface area (Å²) < 4.78 is 0. The number of hydrogen-bond donors (Lipinski definition) is 0. The first-order chi connectivity index (χ1) is 20.7. The number of carbonyl (C=O) groups is 1. The summed E-state index contributed by atoms with van der Waals surface area (Å²) in [5.74, 6) is 0.0928. The lowest BCUT2D eigenvalue weighted by Gasteiger charge is -2.20. The van der Waals surface area contributed by atoms with Gasteiger partial charge in [-0.15, -0.1) is 0 Å². The highest BCUT2D eigenvalue weighted by Crippen LogP contribution is 2.40. The van der Waals surface area contributed by atoms with Gasteiger partial charge in [-0.05, 0) is 53.5 Å². The maximum Gasteiger partial charge on any atom is 0.193 e. The molecule has 0 unspecified atom stereocenters. The van der Waals surface area contributed by atoms with E-state index in [4.69, 9.17) is 0 Å². The number of hydrogen-bond acceptors (Lipinski definition) is 1. The van der Waals surface area contributed by atoms with Gasteiger partial charge >= 0.3 is 0 Å². The van der Waals surface area contributed by atoms with E-state index in [0.29, 0.717) is 0 Å². The van der Waals surface area contributed by atoms with Crippen LogP contribution in [0.1, 0.15) is 118 Å². The fourth-order valence-corrected chi connectivity index (χ4v) is 6.18. The van der Waals surface area contributed by atoms with Crippen molar-refractivity contribution in [1.82, 2.24) is 0 Å². The van der Waals surface area contributed by atoms with Crippen LogP contribution in [-0.4, -0.2) is 5.78 Å². The molecule has 0 N–H and O–H groups in total. The Morgan fingerprint density at radius 3 is 1.55 bits per heavy atom. The predicted molar refractivity (Wildman–Crippen MR) is 181 cm³/mol. The summed E-state index contributed by atoms with van der Waals surface area (Å²) in [6, 6.07) is 33.8. The van der Waals surface area contributed by atoms with E-state index in [1.807, 2.05) is 36.4 Å². The molecule has 4 aromatic carbocycles. The highest BCUT2D eigenvalue weighted by Gasteiger charge is 2.21. The van der Waals surface area contributed by atoms with Crippen LogP contribution in [0, 0.1) is 0 Å². The van der Waals surface area contributed by atoms with E-state index in [-0.39, 0.29) is 5.78 Å². The van der Waals surface area contributed by atoms with Crippen LogP contribution < -0.4 is 0 Å². The molecule has 0 atom stereocenters. The normalized spacial score (nSPS) is 11.1. The van der Waals surface area contributed by atoms with Crippen molar-refractivity contribution in [2.75, 3.05) is 0 Å². The third kappa shape index (κ3) is 8.78. The van der Waals surface area contributed by atoms with Crippen LogP contribution in [0.3, 0.4) is 0 Å². The van der Waals surface area contributed by atoms with E-state index in [9.17, 15) is 4.79 Å². The molecule has 0 radical (unpaired) electrons. The molecule has 0 spiro atoms. The summed E-state index contributed by atoms with van der Waals surface area (Å²) in [7, 11) is 0. The van der Waals surface area contributed by atoms with Gasteiger partial charge in [0.05, 0.1) is 0 Å². The summed E-state index contributed by atoms with van der Waals surface area (Å²) in [6.07, 6.45) is 17.5. The third-order valence-electron chi connectivity index (χ3n) is 8.54. The lowest BCUT2D eigenvalue weighted by atomic mass is 9.83. The Balaban J connectivity index is 1.73. The van der Waals surface area contributed by atoms with E-state index in [1.165, 1.54) is 105 Å². The quantitative estimate of drug-likeness (QED) is 0.0876. The van der Waals surface area contributed by atoms with Crippen LogP contribution in [0.5, 0.6) is 0 Å². The number of ketones is 1. The van der Waals surface area contributed by atoms with Crippen LogP contribution in [0.15, 0.2) is 97.1 Å². The van der Waals surface area contributed by atoms with Gasteiger partial charge in [-0.3, -0.25) is 4.79 Å². The van der Waals surface area contributed by atoms with Crippen molar-refractivity contribution < 1.29 is 4.79 Å². The average Bonchev–Trinajstić information content (AvgIpc) is 3.04. The molecule has 220 valence electrons. The zero-order valence-electron chi connectivity index (χ0n) is 26.0. The minimum atomic E-state index is 0.0928. The van der Waals surface area contributed by atoms with E-state index in [2.05, 4.69) is 74.5 Å². The number of unbranched alkanes of at least 4 members (excludes halogenated alkanes) is 10. The molecule has 4 rings (SSSR count). The summed E-state index contributed by atoms with van der Waals surface area (Å²) in [5.41, 5.74) is 8.99. The Morgan fingerprint density at radius 1 is 0.452 bits per heavy atom. The Labute approximate surface area is 255 Å². The summed E-state index contributed by atoms with van der Waals surface area (Å²) in [4.78, 5) is 14.1. The molecule has 0 saturated heterocycles. The largest absolute Gasteiger partial charge is 0.289 e. The molecular weight excluding hydrogens is 508 g/mol. The van der Waals surface area contributed by atoms with Gasteiger partial charge in [-0.2, -0.15) is 0 Å². The number of rotatable bonds is 18. The van der Waals surface area contributed by atoms with Crippen molar-refractivity contribution in [2.45, 2.75) is 104 Å². The zero-order valence-corrected chi connectivity index (χ0v) is 26.0. The summed E-state index contributed by atoms with van der Waals surface area (Å²) in [6.45, 7) is 4.55. The minimum absolute atomic E-state index is 0.0928. The van der Waals surface area contributed by atoms with Gasteiger partial charge in [0.2, 0.25) is 0 Å². The molecule has 1 heteroatoms. The second-order valence-corrected chi connectivity index (χ2v) is 11.8. The number of carbonyl (C=O) groups excluding carboxylic acids is 1. The molecule has 1 nitrogen and oxygen atoms in total. The van der Waals surface area contributed by atoms with Gasteiger partial charge in [0.1, 0.15) is 0 Å². The van der Waals surface area contributed by atoms with Crippen LogP contribution >= 0.6 is 0 Å². The molecule has 0 aliphatic carbocycles. The molecule has 0 saturated carbocycles. The van der Waals surface area contributed by atoms with Gasteiger partial charge in [0, 0.05) is 16.7 Å². The second-order valence-electron chi connectivity index (χ2n) is 11.8. The first-order valence-electron chi connectivity index (χ1n) is 16.6. The van der Waals surface area contributed by atoms with E-state index in [1.54, 1.807) is 0 Å². The van der Waals surface area contributed by atoms with Crippen molar-refractivity contribution in [3.8, 4) is 22.3 Å². The first-order valence-corrected chi connectivity index (χ1v) is 16.6. The zero-order chi connectivity index (χ0) is 29.4. The van der Waals surface area contributed by atoms with Crippen LogP contribution in [-0.2, 0) is 12.8 Å². The molecule has 0 aliphatic heterocycles. The van der Waals surface area contributed by atoms with Crippen molar-refractivity contribution in [1.29, 1.82) is 0 Å². The topological polar surface area (TPSA) is 17.1 Å². The van der Waals surface area contributed by atoms with Crippen LogP contribution in [0.25, 0.3) is 22.3 Å². The molecular formula is C41H50O. The molecule has 42 heavy (non-hydrogen) atoms. The Kier molecular flexibility index (Phi) is 13.1. The van der Waals surface area contributed by atoms with E-state index < -0.39 is 0 Å². The molecule has 4 aromatic rings. The van der Waals surface area contributed by atoms with E-state index in [0.717, 1.165) is 29.5 Å². The van der Waals surface area contributed by atoms with Crippen molar-refractivity contribution >= 4 is 5.78 Å². The lowest BCUT2D eigenvalue weighted by molar-refractivity contribution is 0.103. The predicted octanol–water partition coefficient (Wildman–Crippen LogP) is 12.1. The average molecular weight is 559 g/mol. The van der Waals surface area contributed by atoms with Crippen molar-refractivity contribution in [2.24, 2.45) is 0 Å². The number of benzene rings is 4. The smallest absolute Gasteiger partial charge is 0.193 e. The monoisotopic (exact) mass is 558 g/mol. The van der Waals surface area contributed by atoms with Crippen molar-refractivity contribution in [3.63, 3.8) is 0 Å².